The normalized spacial score (nSPS) is 23.3. The average Bonchev–Trinajstić information content (AvgIpc) is 3.62. The average molecular weight is 731 g/mol. The monoisotopic (exact) mass is 730 g/mol. The summed E-state index contributed by atoms with van der Waals surface area (Å²) in [7, 11) is 0. The number of halogens is 3. The number of carbonyl (C=O) groups is 2. The molecule has 2 aliphatic heterocycles. The number of benzene rings is 1. The molecule has 4 aliphatic rings. The van der Waals surface area contributed by atoms with Crippen molar-refractivity contribution in [2.24, 2.45) is 5.41 Å². The molecule has 3 fully saturated rings. The lowest BCUT2D eigenvalue weighted by Crippen LogP contribution is -2.64. The van der Waals surface area contributed by atoms with E-state index in [0.717, 1.165) is 37.3 Å². The van der Waals surface area contributed by atoms with Crippen LogP contribution in [0.4, 0.5) is 26.0 Å². The van der Waals surface area contributed by atoms with Crippen LogP contribution in [0.5, 0.6) is 0 Å². The van der Waals surface area contributed by atoms with E-state index in [0.29, 0.717) is 27.7 Å². The predicted octanol–water partition coefficient (Wildman–Crippen LogP) is 7.92. The van der Waals surface area contributed by atoms with Gasteiger partial charge in [-0.05, 0) is 110 Å². The van der Waals surface area contributed by atoms with E-state index in [9.17, 15) is 9.59 Å². The second-order valence-corrected chi connectivity index (χ2v) is 16.7. The molecule has 1 spiro atoms. The minimum absolute atomic E-state index is 0.0349. The van der Waals surface area contributed by atoms with Crippen molar-refractivity contribution >= 4 is 51.6 Å². The van der Waals surface area contributed by atoms with Gasteiger partial charge in [0.25, 0.3) is 5.91 Å². The van der Waals surface area contributed by atoms with Gasteiger partial charge >= 0.3 is 0 Å². The van der Waals surface area contributed by atoms with Gasteiger partial charge in [0.15, 0.2) is 17.5 Å². The lowest BCUT2D eigenvalue weighted by Gasteiger charge is -2.56. The van der Waals surface area contributed by atoms with E-state index in [1.165, 1.54) is 31.7 Å². The highest BCUT2D eigenvalue weighted by molar-refractivity contribution is 6.34. The Morgan fingerprint density at radius 3 is 2.52 bits per heavy atom. The fourth-order valence-electron chi connectivity index (χ4n) is 8.71. The van der Waals surface area contributed by atoms with Crippen molar-refractivity contribution in [3.05, 3.63) is 58.6 Å². The van der Waals surface area contributed by atoms with Gasteiger partial charge < -0.3 is 20.1 Å². The Morgan fingerprint density at radius 2 is 1.83 bits per heavy atom. The summed E-state index contributed by atoms with van der Waals surface area (Å²) in [6.45, 7) is 14.4. The highest BCUT2D eigenvalue weighted by Gasteiger charge is 2.57. The molecule has 4 aromatic rings. The number of aromatic nitrogens is 4. The quantitative estimate of drug-likeness (QED) is 0.177. The second-order valence-electron chi connectivity index (χ2n) is 16.3. The zero-order valence-electron chi connectivity index (χ0n) is 30.5. The summed E-state index contributed by atoms with van der Waals surface area (Å²) < 4.78 is 32.4. The zero-order valence-corrected chi connectivity index (χ0v) is 31.3. The van der Waals surface area contributed by atoms with Crippen LogP contribution in [0.25, 0.3) is 22.3 Å². The summed E-state index contributed by atoms with van der Waals surface area (Å²) in [5, 5.41) is 4.95. The Morgan fingerprint density at radius 1 is 1.08 bits per heavy atom. The maximum absolute atomic E-state index is 15.5. The van der Waals surface area contributed by atoms with Crippen molar-refractivity contribution < 1.29 is 18.4 Å². The molecular weight excluding hydrogens is 686 g/mol. The number of pyridine rings is 2. The summed E-state index contributed by atoms with van der Waals surface area (Å²) in [4.78, 5) is 45.9. The van der Waals surface area contributed by atoms with Crippen molar-refractivity contribution in [3.8, 4) is 11.3 Å². The van der Waals surface area contributed by atoms with Gasteiger partial charge in [0.1, 0.15) is 5.52 Å². The molecular formula is C39H45ClF2N8O2. The summed E-state index contributed by atoms with van der Waals surface area (Å²) in [6.07, 6.45) is 10.4. The van der Waals surface area contributed by atoms with Gasteiger partial charge in [-0.15, -0.1) is 0 Å². The van der Waals surface area contributed by atoms with Gasteiger partial charge in [-0.1, -0.05) is 11.6 Å². The Bertz CT molecular complexity index is 2140. The standard InChI is InChI=1S/C39H45ClF2N8O2/c1-7-43-35(51)24-14-26(30(41)31(42)29(24)40)47-34-32-27(45-20-49(32)21(2)3)15-25(46-34)22-13-28-33(44-18-22)37(4,5)36(52)50(28)23-16-38(6,17-23)48-12-8-9-39(19-48)10-11-39/h13-15,18,20-21,23H,7-12,16-17,19H2,1-6H3,(H,43,51)(H,46,47)/t23-,38+. The molecule has 1 aromatic carbocycles. The molecule has 52 heavy (non-hydrogen) atoms. The molecule has 2 amide bonds. The van der Waals surface area contributed by atoms with Crippen LogP contribution in [0.2, 0.25) is 5.02 Å². The van der Waals surface area contributed by atoms with Crippen molar-refractivity contribution in [2.45, 2.75) is 103 Å². The number of piperidine rings is 1. The molecule has 1 saturated heterocycles. The summed E-state index contributed by atoms with van der Waals surface area (Å²) in [5.41, 5.74) is 3.07. The van der Waals surface area contributed by atoms with Crippen molar-refractivity contribution in [2.75, 3.05) is 29.9 Å². The molecule has 2 aliphatic carbocycles. The highest BCUT2D eigenvalue weighted by atomic mass is 35.5. The van der Waals surface area contributed by atoms with Crippen molar-refractivity contribution in [3.63, 3.8) is 0 Å². The van der Waals surface area contributed by atoms with E-state index in [1.807, 2.05) is 49.3 Å². The maximum atomic E-state index is 15.5. The Kier molecular flexibility index (Phi) is 8.18. The first-order valence-corrected chi connectivity index (χ1v) is 18.7. The molecule has 0 radical (unpaired) electrons. The molecule has 13 heteroatoms. The molecule has 8 rings (SSSR count). The molecule has 5 heterocycles. The third-order valence-electron chi connectivity index (χ3n) is 12.0. The number of rotatable bonds is 8. The molecule has 2 N–H and O–H groups in total. The number of likely N-dealkylation sites (tertiary alicyclic amines) is 1. The molecule has 0 unspecified atom stereocenters. The van der Waals surface area contributed by atoms with Gasteiger partial charge in [0, 0.05) is 42.5 Å². The van der Waals surface area contributed by atoms with Crippen LogP contribution in [-0.4, -0.2) is 67.4 Å². The third-order valence-corrected chi connectivity index (χ3v) is 12.3. The van der Waals surface area contributed by atoms with Crippen LogP contribution >= 0.6 is 11.6 Å². The van der Waals surface area contributed by atoms with Gasteiger partial charge in [-0.2, -0.15) is 0 Å². The van der Waals surface area contributed by atoms with E-state index in [2.05, 4.69) is 27.4 Å². The van der Waals surface area contributed by atoms with Crippen LogP contribution in [0.15, 0.2) is 30.7 Å². The zero-order chi connectivity index (χ0) is 36.9. The number of hydrogen-bond donors (Lipinski definition) is 2. The predicted molar refractivity (Wildman–Crippen MR) is 198 cm³/mol. The van der Waals surface area contributed by atoms with Crippen molar-refractivity contribution in [1.82, 2.24) is 29.7 Å². The van der Waals surface area contributed by atoms with Crippen LogP contribution in [0, 0.1) is 17.0 Å². The second kappa shape index (κ2) is 12.2. The molecule has 0 atom stereocenters. The van der Waals surface area contributed by atoms with Crippen molar-refractivity contribution in [1.29, 1.82) is 0 Å². The number of amides is 2. The van der Waals surface area contributed by atoms with Crippen LogP contribution < -0.4 is 15.5 Å². The van der Waals surface area contributed by atoms with Gasteiger partial charge in [0.2, 0.25) is 5.91 Å². The van der Waals surface area contributed by atoms with Crippen LogP contribution in [0.1, 0.15) is 102 Å². The maximum Gasteiger partial charge on any atom is 0.252 e. The van der Waals surface area contributed by atoms with Crippen LogP contribution in [0.3, 0.4) is 0 Å². The minimum Gasteiger partial charge on any atom is -0.352 e. The molecule has 274 valence electrons. The largest absolute Gasteiger partial charge is 0.352 e. The van der Waals surface area contributed by atoms with Gasteiger partial charge in [-0.3, -0.25) is 19.5 Å². The molecule has 10 nitrogen and oxygen atoms in total. The number of nitrogens with zero attached hydrogens (tertiary/aromatic N) is 6. The summed E-state index contributed by atoms with van der Waals surface area (Å²) in [5.74, 6) is -2.96. The summed E-state index contributed by atoms with van der Waals surface area (Å²) >= 11 is 6.08. The Hall–Kier alpha value is -4.16. The SMILES string of the molecule is CCNC(=O)c1cc(Nc2nc(-c3cnc4c(c3)N([C@H]3C[C@@](C)(N5CCCC6(CC6)C5)C3)C(=O)C4(C)C)cc3ncn(C(C)C)c23)c(F)c(F)c1Cl. The van der Waals surface area contributed by atoms with E-state index in [4.69, 9.17) is 21.6 Å². The first-order valence-electron chi connectivity index (χ1n) is 18.4. The number of nitrogens with one attached hydrogen (secondary N) is 2. The minimum atomic E-state index is -1.34. The molecule has 0 bridgehead atoms. The smallest absolute Gasteiger partial charge is 0.252 e. The topological polar surface area (TPSA) is 108 Å². The molecule has 3 aromatic heterocycles. The Balaban J connectivity index is 1.17. The first-order chi connectivity index (χ1) is 24.7. The number of anilines is 3. The first kappa shape index (κ1) is 34.9. The third kappa shape index (κ3) is 5.47. The number of carbonyl (C=O) groups excluding carboxylic acids is 2. The van der Waals surface area contributed by atoms with Gasteiger partial charge in [0.05, 0.1) is 50.6 Å². The lowest BCUT2D eigenvalue weighted by atomic mass is 9.70. The summed E-state index contributed by atoms with van der Waals surface area (Å²) in [6, 6.07) is 5.01. The lowest BCUT2D eigenvalue weighted by molar-refractivity contribution is -0.124. The molecule has 2 saturated carbocycles. The van der Waals surface area contributed by atoms with E-state index < -0.39 is 28.0 Å². The van der Waals surface area contributed by atoms with E-state index >= 15 is 8.78 Å². The van der Waals surface area contributed by atoms with E-state index in [-0.39, 0.29) is 47.1 Å². The van der Waals surface area contributed by atoms with Gasteiger partial charge in [-0.25, -0.2) is 18.7 Å². The fraction of sp³-hybridized carbons (Fsp3) is 0.513. The Labute approximate surface area is 307 Å². The van der Waals surface area contributed by atoms with E-state index in [1.54, 1.807) is 19.4 Å². The number of imidazole rings is 1. The fourth-order valence-corrected chi connectivity index (χ4v) is 8.94. The number of hydrogen-bond acceptors (Lipinski definition) is 7. The highest BCUT2D eigenvalue weighted by Crippen LogP contribution is 2.56. The number of fused-ring (bicyclic) bond motifs is 2. The van der Waals surface area contributed by atoms with Crippen LogP contribution in [-0.2, 0) is 10.2 Å².